The number of morpholine rings is 1. The summed E-state index contributed by atoms with van der Waals surface area (Å²) in [6, 6.07) is 5.72. The maximum Gasteiger partial charge on any atom is 0.256 e. The highest BCUT2D eigenvalue weighted by molar-refractivity contribution is 5.82. The molecule has 1 N–H and O–H groups in total. The van der Waals surface area contributed by atoms with Crippen LogP contribution in [0.2, 0.25) is 0 Å². The third-order valence-electron chi connectivity index (χ3n) is 3.28. The van der Waals surface area contributed by atoms with Crippen LogP contribution in [-0.2, 0) is 9.53 Å². The van der Waals surface area contributed by atoms with Gasteiger partial charge in [-0.25, -0.2) is 0 Å². The smallest absolute Gasteiger partial charge is 0.256 e. The molecule has 0 saturated carbocycles. The molecule has 1 aromatic rings. The van der Waals surface area contributed by atoms with Gasteiger partial charge in [-0.2, -0.15) is 0 Å². The summed E-state index contributed by atoms with van der Waals surface area (Å²) in [5.74, 6) is -0.231. The third kappa shape index (κ3) is 2.71. The zero-order valence-corrected chi connectivity index (χ0v) is 10.8. The van der Waals surface area contributed by atoms with Gasteiger partial charge in [-0.1, -0.05) is 23.8 Å². The van der Waals surface area contributed by atoms with Crippen LogP contribution in [0.3, 0.4) is 0 Å². The average Bonchev–Trinajstić information content (AvgIpc) is 2.38. The van der Waals surface area contributed by atoms with Crippen molar-refractivity contribution in [3.05, 3.63) is 34.9 Å². The van der Waals surface area contributed by atoms with Gasteiger partial charge in [0.1, 0.15) is 0 Å². The van der Waals surface area contributed by atoms with Crippen molar-refractivity contribution >= 4 is 5.91 Å². The topological polar surface area (TPSA) is 49.8 Å². The molecule has 1 atom stereocenters. The van der Waals surface area contributed by atoms with Crippen LogP contribution in [0.15, 0.2) is 18.2 Å². The molecule has 4 nitrogen and oxygen atoms in total. The number of aryl methyl sites for hydroxylation is 2. The number of aliphatic hydroxyl groups is 1. The highest BCUT2D eigenvalue weighted by Gasteiger charge is 2.26. The number of nitrogens with zero attached hydrogens (tertiary/aromatic N) is 1. The van der Waals surface area contributed by atoms with Crippen LogP contribution in [0.4, 0.5) is 0 Å². The number of amides is 1. The van der Waals surface area contributed by atoms with E-state index < -0.39 is 6.10 Å². The van der Waals surface area contributed by atoms with Crippen molar-refractivity contribution < 1.29 is 14.6 Å². The van der Waals surface area contributed by atoms with Crippen LogP contribution >= 0.6 is 0 Å². The predicted molar refractivity (Wildman–Crippen MR) is 68.3 cm³/mol. The number of rotatable bonds is 2. The Hall–Kier alpha value is -1.39. The van der Waals surface area contributed by atoms with Gasteiger partial charge in [-0.15, -0.1) is 0 Å². The lowest BCUT2D eigenvalue weighted by Gasteiger charge is -2.29. The van der Waals surface area contributed by atoms with Crippen LogP contribution in [0, 0.1) is 13.8 Å². The Balaban J connectivity index is 2.14. The Labute approximate surface area is 107 Å². The highest BCUT2D eigenvalue weighted by Crippen LogP contribution is 2.21. The molecule has 1 saturated heterocycles. The molecule has 1 aromatic carbocycles. The Morgan fingerprint density at radius 2 is 2.00 bits per heavy atom. The SMILES string of the molecule is Cc1ccc(C(O)C(=O)N2CCOCC2)c(C)c1. The minimum Gasteiger partial charge on any atom is -0.378 e. The molecule has 0 aromatic heterocycles. The van der Waals surface area contributed by atoms with Crippen LogP contribution in [-0.4, -0.2) is 42.2 Å². The molecule has 1 aliphatic heterocycles. The zero-order chi connectivity index (χ0) is 13.1. The van der Waals surface area contributed by atoms with E-state index in [0.29, 0.717) is 31.9 Å². The van der Waals surface area contributed by atoms with E-state index in [4.69, 9.17) is 4.74 Å². The maximum atomic E-state index is 12.2. The second-order valence-electron chi connectivity index (χ2n) is 4.70. The lowest BCUT2D eigenvalue weighted by atomic mass is 10.00. The van der Waals surface area contributed by atoms with Gasteiger partial charge in [-0.3, -0.25) is 4.79 Å². The molecule has 0 radical (unpaired) electrons. The van der Waals surface area contributed by atoms with E-state index in [9.17, 15) is 9.90 Å². The van der Waals surface area contributed by atoms with Gasteiger partial charge in [0.15, 0.2) is 6.10 Å². The summed E-state index contributed by atoms with van der Waals surface area (Å²) in [5.41, 5.74) is 2.77. The normalized spacial score (nSPS) is 17.6. The Kier molecular flexibility index (Phi) is 3.99. The van der Waals surface area contributed by atoms with E-state index in [1.165, 1.54) is 0 Å². The lowest BCUT2D eigenvalue weighted by Crippen LogP contribution is -2.43. The maximum absolute atomic E-state index is 12.2. The minimum atomic E-state index is -1.07. The molecular formula is C14H19NO3. The van der Waals surface area contributed by atoms with Crippen molar-refractivity contribution in [2.24, 2.45) is 0 Å². The molecule has 1 unspecified atom stereocenters. The molecule has 1 heterocycles. The van der Waals surface area contributed by atoms with E-state index in [2.05, 4.69) is 0 Å². The average molecular weight is 249 g/mol. The van der Waals surface area contributed by atoms with Gasteiger partial charge in [0.2, 0.25) is 0 Å². The number of hydrogen-bond acceptors (Lipinski definition) is 3. The van der Waals surface area contributed by atoms with Gasteiger partial charge >= 0.3 is 0 Å². The number of carbonyl (C=O) groups is 1. The van der Waals surface area contributed by atoms with Gasteiger partial charge in [0, 0.05) is 13.1 Å². The predicted octanol–water partition coefficient (Wildman–Crippen LogP) is 1.20. The van der Waals surface area contributed by atoms with Crippen LogP contribution < -0.4 is 0 Å². The van der Waals surface area contributed by atoms with Gasteiger partial charge < -0.3 is 14.7 Å². The van der Waals surface area contributed by atoms with Gasteiger partial charge in [0.05, 0.1) is 13.2 Å². The molecule has 1 amide bonds. The van der Waals surface area contributed by atoms with Gasteiger partial charge in [-0.05, 0) is 25.0 Å². The van der Waals surface area contributed by atoms with Crippen LogP contribution in [0.5, 0.6) is 0 Å². The van der Waals surface area contributed by atoms with E-state index in [-0.39, 0.29) is 5.91 Å². The van der Waals surface area contributed by atoms with E-state index >= 15 is 0 Å². The van der Waals surface area contributed by atoms with Crippen molar-refractivity contribution in [3.8, 4) is 0 Å². The summed E-state index contributed by atoms with van der Waals surface area (Å²) in [7, 11) is 0. The second kappa shape index (κ2) is 5.50. The number of carbonyl (C=O) groups excluding carboxylic acids is 1. The Bertz CT molecular complexity index is 439. The molecule has 0 bridgehead atoms. The van der Waals surface area contributed by atoms with Crippen LogP contribution in [0.1, 0.15) is 22.8 Å². The summed E-state index contributed by atoms with van der Waals surface area (Å²) < 4.78 is 5.20. The first-order valence-electron chi connectivity index (χ1n) is 6.21. The number of aliphatic hydroxyl groups excluding tert-OH is 1. The van der Waals surface area contributed by atoms with Crippen molar-refractivity contribution in [1.82, 2.24) is 4.90 Å². The Morgan fingerprint density at radius 1 is 1.33 bits per heavy atom. The van der Waals surface area contributed by atoms with Gasteiger partial charge in [0.25, 0.3) is 5.91 Å². The number of benzene rings is 1. The molecule has 2 rings (SSSR count). The van der Waals surface area contributed by atoms with Crippen LogP contribution in [0.25, 0.3) is 0 Å². The third-order valence-corrected chi connectivity index (χ3v) is 3.28. The summed E-state index contributed by atoms with van der Waals surface area (Å²) in [6.07, 6.45) is -1.07. The molecule has 98 valence electrons. The zero-order valence-electron chi connectivity index (χ0n) is 10.8. The number of hydrogen-bond donors (Lipinski definition) is 1. The molecule has 0 spiro atoms. The first kappa shape index (κ1) is 13.1. The fourth-order valence-corrected chi connectivity index (χ4v) is 2.22. The van der Waals surface area contributed by atoms with Crippen molar-refractivity contribution in [2.75, 3.05) is 26.3 Å². The first-order chi connectivity index (χ1) is 8.59. The fraction of sp³-hybridized carbons (Fsp3) is 0.500. The molecule has 1 aliphatic rings. The van der Waals surface area contributed by atoms with Crippen molar-refractivity contribution in [2.45, 2.75) is 20.0 Å². The lowest BCUT2D eigenvalue weighted by molar-refractivity contribution is -0.144. The van der Waals surface area contributed by atoms with E-state index in [1.807, 2.05) is 32.0 Å². The molecule has 4 heteroatoms. The van der Waals surface area contributed by atoms with E-state index in [0.717, 1.165) is 11.1 Å². The fourth-order valence-electron chi connectivity index (χ4n) is 2.22. The minimum absolute atomic E-state index is 0.231. The standard InChI is InChI=1S/C14H19NO3/c1-10-3-4-12(11(2)9-10)13(16)14(17)15-5-7-18-8-6-15/h3-4,9,13,16H,5-8H2,1-2H3. The summed E-state index contributed by atoms with van der Waals surface area (Å²) in [6.45, 7) is 6.11. The molecule has 18 heavy (non-hydrogen) atoms. The quantitative estimate of drug-likeness (QED) is 0.856. The van der Waals surface area contributed by atoms with Crippen molar-refractivity contribution in [1.29, 1.82) is 0 Å². The summed E-state index contributed by atoms with van der Waals surface area (Å²) in [5, 5.41) is 10.2. The highest BCUT2D eigenvalue weighted by atomic mass is 16.5. The summed E-state index contributed by atoms with van der Waals surface area (Å²) >= 11 is 0. The largest absolute Gasteiger partial charge is 0.378 e. The van der Waals surface area contributed by atoms with Crippen molar-refractivity contribution in [3.63, 3.8) is 0 Å². The molecular weight excluding hydrogens is 230 g/mol. The van der Waals surface area contributed by atoms with E-state index in [1.54, 1.807) is 4.90 Å². The monoisotopic (exact) mass is 249 g/mol. The summed E-state index contributed by atoms with van der Waals surface area (Å²) in [4.78, 5) is 13.8. The molecule has 0 aliphatic carbocycles. The number of ether oxygens (including phenoxy) is 1. The second-order valence-corrected chi connectivity index (χ2v) is 4.70. The Morgan fingerprint density at radius 3 is 2.61 bits per heavy atom. The molecule has 1 fully saturated rings. The first-order valence-corrected chi connectivity index (χ1v) is 6.21.